The van der Waals surface area contributed by atoms with Crippen molar-refractivity contribution in [2.75, 3.05) is 24.7 Å². The molecule has 0 aliphatic heterocycles. The van der Waals surface area contributed by atoms with Gasteiger partial charge in [0.25, 0.3) is 11.8 Å². The smallest absolute Gasteiger partial charge is 0.346 e. The fraction of sp³-hybridized carbons (Fsp3) is 0.200. The predicted octanol–water partition coefficient (Wildman–Crippen LogP) is 0.720. The molecule has 126 valence electrons. The van der Waals surface area contributed by atoms with Gasteiger partial charge in [-0.2, -0.15) is 0 Å². The van der Waals surface area contributed by atoms with Crippen LogP contribution in [0.4, 0.5) is 11.6 Å². The van der Waals surface area contributed by atoms with Crippen molar-refractivity contribution in [1.29, 1.82) is 0 Å². The van der Waals surface area contributed by atoms with Crippen LogP contribution < -0.4 is 16.4 Å². The molecule has 0 atom stereocenters. The molecule has 2 rings (SSSR count). The lowest BCUT2D eigenvalue weighted by Gasteiger charge is -2.07. The second kappa shape index (κ2) is 7.27. The van der Waals surface area contributed by atoms with E-state index in [-0.39, 0.29) is 23.0 Å². The maximum atomic E-state index is 11.9. The first-order valence-electron chi connectivity index (χ1n) is 6.93. The lowest BCUT2D eigenvalue weighted by Crippen LogP contribution is -2.22. The van der Waals surface area contributed by atoms with Crippen molar-refractivity contribution in [2.24, 2.45) is 0 Å². The average Bonchev–Trinajstić information content (AvgIpc) is 2.91. The van der Waals surface area contributed by atoms with Crippen LogP contribution in [-0.4, -0.2) is 36.6 Å². The Morgan fingerprint density at radius 1 is 1.33 bits per heavy atom. The number of rotatable bonds is 5. The van der Waals surface area contributed by atoms with Crippen LogP contribution >= 0.6 is 0 Å². The second-order valence-electron chi connectivity index (χ2n) is 4.79. The van der Waals surface area contributed by atoms with Crippen molar-refractivity contribution in [3.63, 3.8) is 0 Å². The summed E-state index contributed by atoms with van der Waals surface area (Å²) in [5.41, 5.74) is 6.52. The summed E-state index contributed by atoms with van der Waals surface area (Å²) < 4.78 is 9.52. The maximum Gasteiger partial charge on any atom is 0.346 e. The summed E-state index contributed by atoms with van der Waals surface area (Å²) in [6.07, 6.45) is 0. The highest BCUT2D eigenvalue weighted by molar-refractivity contribution is 5.99. The van der Waals surface area contributed by atoms with Gasteiger partial charge in [-0.1, -0.05) is 11.2 Å². The quantitative estimate of drug-likeness (QED) is 0.686. The number of benzene rings is 1. The van der Waals surface area contributed by atoms with E-state index >= 15 is 0 Å². The van der Waals surface area contributed by atoms with Crippen LogP contribution in [-0.2, 0) is 9.53 Å². The Labute approximate surface area is 137 Å². The van der Waals surface area contributed by atoms with Crippen molar-refractivity contribution in [3.8, 4) is 0 Å². The van der Waals surface area contributed by atoms with Crippen LogP contribution in [0.3, 0.4) is 0 Å². The van der Waals surface area contributed by atoms with Gasteiger partial charge in [0.2, 0.25) is 5.88 Å². The van der Waals surface area contributed by atoms with Crippen molar-refractivity contribution in [1.82, 2.24) is 10.5 Å². The van der Waals surface area contributed by atoms with Crippen LogP contribution in [0.2, 0.25) is 0 Å². The molecule has 0 aliphatic rings. The van der Waals surface area contributed by atoms with Crippen LogP contribution in [0.1, 0.15) is 26.4 Å². The van der Waals surface area contributed by atoms with Gasteiger partial charge in [0, 0.05) is 18.3 Å². The standard InChI is InChI=1S/C15H16N4O5/c1-8-12(13(16)24-19-8)15(22)23-7-11(20)18-10-5-3-4-9(6-10)14(21)17-2/h3-6H,7,16H2,1-2H3,(H,17,21)(H,18,20). The Morgan fingerprint density at radius 2 is 2.08 bits per heavy atom. The van der Waals surface area contributed by atoms with Crippen LogP contribution in [0.5, 0.6) is 0 Å². The lowest BCUT2D eigenvalue weighted by atomic mass is 10.2. The third-order valence-corrected chi connectivity index (χ3v) is 3.06. The molecule has 0 fully saturated rings. The molecule has 24 heavy (non-hydrogen) atoms. The Bertz CT molecular complexity index is 764. The number of carbonyl (C=O) groups is 3. The molecule has 0 aliphatic carbocycles. The first-order chi connectivity index (χ1) is 11.4. The van der Waals surface area contributed by atoms with Gasteiger partial charge in [0.05, 0.1) is 5.69 Å². The molecule has 4 N–H and O–H groups in total. The van der Waals surface area contributed by atoms with Crippen molar-refractivity contribution >= 4 is 29.4 Å². The molecular weight excluding hydrogens is 316 g/mol. The average molecular weight is 332 g/mol. The molecule has 0 bridgehead atoms. The number of nitrogens with zero attached hydrogens (tertiary/aromatic N) is 1. The number of aryl methyl sites for hydroxylation is 1. The zero-order chi connectivity index (χ0) is 17.7. The number of aromatic nitrogens is 1. The van der Waals surface area contributed by atoms with Gasteiger partial charge >= 0.3 is 5.97 Å². The molecule has 0 spiro atoms. The number of nitrogen functional groups attached to an aromatic ring is 1. The molecule has 1 aromatic heterocycles. The largest absolute Gasteiger partial charge is 0.452 e. The van der Waals surface area contributed by atoms with E-state index in [0.29, 0.717) is 11.3 Å². The minimum atomic E-state index is -0.805. The number of carbonyl (C=O) groups excluding carboxylic acids is 3. The molecule has 9 nitrogen and oxygen atoms in total. The van der Waals surface area contributed by atoms with E-state index in [1.165, 1.54) is 20.0 Å². The van der Waals surface area contributed by atoms with E-state index in [9.17, 15) is 14.4 Å². The lowest BCUT2D eigenvalue weighted by molar-refractivity contribution is -0.119. The number of anilines is 2. The topological polar surface area (TPSA) is 137 Å². The van der Waals surface area contributed by atoms with E-state index < -0.39 is 18.5 Å². The summed E-state index contributed by atoms with van der Waals surface area (Å²) in [6, 6.07) is 6.33. The molecule has 1 heterocycles. The maximum absolute atomic E-state index is 11.9. The number of nitrogens with two attached hydrogens (primary N) is 1. The SMILES string of the molecule is CNC(=O)c1cccc(NC(=O)COC(=O)c2c(C)noc2N)c1. The van der Waals surface area contributed by atoms with Crippen LogP contribution in [0.25, 0.3) is 0 Å². The molecule has 0 unspecified atom stereocenters. The Balaban J connectivity index is 1.94. The van der Waals surface area contributed by atoms with Crippen LogP contribution in [0.15, 0.2) is 28.8 Å². The van der Waals surface area contributed by atoms with E-state index in [2.05, 4.69) is 20.3 Å². The fourth-order valence-electron chi connectivity index (χ4n) is 1.92. The van der Waals surface area contributed by atoms with Gasteiger partial charge in [-0.15, -0.1) is 0 Å². The van der Waals surface area contributed by atoms with Gasteiger partial charge in [-0.25, -0.2) is 4.79 Å². The number of nitrogens with one attached hydrogen (secondary N) is 2. The number of ether oxygens (including phenoxy) is 1. The van der Waals surface area contributed by atoms with Gasteiger partial charge in [0.15, 0.2) is 6.61 Å². The van der Waals surface area contributed by atoms with Crippen LogP contribution in [0, 0.1) is 6.92 Å². The molecule has 1 aromatic carbocycles. The van der Waals surface area contributed by atoms with Crippen molar-refractivity contribution in [3.05, 3.63) is 41.1 Å². The third-order valence-electron chi connectivity index (χ3n) is 3.06. The zero-order valence-electron chi connectivity index (χ0n) is 13.1. The van der Waals surface area contributed by atoms with Crippen molar-refractivity contribution in [2.45, 2.75) is 6.92 Å². The number of amides is 2. The zero-order valence-corrected chi connectivity index (χ0v) is 13.1. The molecule has 9 heteroatoms. The number of hydrogen-bond donors (Lipinski definition) is 3. The van der Waals surface area contributed by atoms with Crippen molar-refractivity contribution < 1.29 is 23.6 Å². The highest BCUT2D eigenvalue weighted by Gasteiger charge is 2.20. The summed E-state index contributed by atoms with van der Waals surface area (Å²) in [4.78, 5) is 35.2. The summed E-state index contributed by atoms with van der Waals surface area (Å²) >= 11 is 0. The minimum absolute atomic E-state index is 0.00980. The number of hydrogen-bond acceptors (Lipinski definition) is 7. The van der Waals surface area contributed by atoms with Gasteiger partial charge < -0.3 is 25.6 Å². The molecule has 2 aromatic rings. The molecule has 0 saturated heterocycles. The van der Waals surface area contributed by atoms with E-state index in [0.717, 1.165) is 0 Å². The Kier molecular flexibility index (Phi) is 5.15. The summed E-state index contributed by atoms with van der Waals surface area (Å²) in [6.45, 7) is 1.01. The third kappa shape index (κ3) is 3.88. The molecule has 2 amide bonds. The Hall–Kier alpha value is -3.36. The monoisotopic (exact) mass is 332 g/mol. The molecular formula is C15H16N4O5. The molecule has 0 saturated carbocycles. The first-order valence-corrected chi connectivity index (χ1v) is 6.93. The first kappa shape index (κ1) is 17.0. The van der Waals surface area contributed by atoms with Gasteiger partial charge in [-0.05, 0) is 25.1 Å². The van der Waals surface area contributed by atoms with Gasteiger partial charge in [-0.3, -0.25) is 9.59 Å². The highest BCUT2D eigenvalue weighted by Crippen LogP contribution is 2.16. The summed E-state index contributed by atoms with van der Waals surface area (Å²) in [5, 5.41) is 8.53. The second-order valence-corrected chi connectivity index (χ2v) is 4.79. The number of esters is 1. The van der Waals surface area contributed by atoms with Gasteiger partial charge in [0.1, 0.15) is 5.56 Å². The Morgan fingerprint density at radius 3 is 2.71 bits per heavy atom. The minimum Gasteiger partial charge on any atom is -0.452 e. The summed E-state index contributed by atoms with van der Waals surface area (Å²) in [7, 11) is 1.51. The fourth-order valence-corrected chi connectivity index (χ4v) is 1.92. The van der Waals surface area contributed by atoms with E-state index in [1.54, 1.807) is 18.2 Å². The summed E-state index contributed by atoms with van der Waals surface area (Å²) in [5.74, 6) is -1.82. The predicted molar refractivity (Wildman–Crippen MR) is 84.4 cm³/mol. The normalized spacial score (nSPS) is 10.1. The highest BCUT2D eigenvalue weighted by atomic mass is 16.5. The van der Waals surface area contributed by atoms with E-state index in [4.69, 9.17) is 10.5 Å². The molecule has 0 radical (unpaired) electrons. The van der Waals surface area contributed by atoms with E-state index in [1.807, 2.05) is 0 Å².